The maximum atomic E-state index is 12.2. The van der Waals surface area contributed by atoms with Gasteiger partial charge in [0.2, 0.25) is 0 Å². The van der Waals surface area contributed by atoms with Crippen LogP contribution in [0, 0.1) is 0 Å². The van der Waals surface area contributed by atoms with E-state index in [4.69, 9.17) is 0 Å². The highest BCUT2D eigenvalue weighted by Gasteiger charge is 2.23. The third-order valence-corrected chi connectivity index (χ3v) is 3.83. The molecule has 1 aliphatic rings. The van der Waals surface area contributed by atoms with Crippen LogP contribution in [0.2, 0.25) is 0 Å². The van der Waals surface area contributed by atoms with Gasteiger partial charge in [0.25, 0.3) is 5.91 Å². The Morgan fingerprint density at radius 3 is 2.52 bits per heavy atom. The fourth-order valence-electron chi connectivity index (χ4n) is 2.81. The molecule has 2 nitrogen and oxygen atoms in total. The van der Waals surface area contributed by atoms with Crippen LogP contribution in [0.4, 0.5) is 5.69 Å². The molecule has 2 heteroatoms. The minimum atomic E-state index is -0.0378. The molecule has 0 aliphatic carbocycles. The van der Waals surface area contributed by atoms with Gasteiger partial charge >= 0.3 is 0 Å². The number of anilines is 1. The quantitative estimate of drug-likeness (QED) is 0.656. The molecule has 1 heterocycles. The van der Waals surface area contributed by atoms with Crippen LogP contribution >= 0.6 is 0 Å². The number of amides is 1. The van der Waals surface area contributed by atoms with Crippen molar-refractivity contribution in [3.05, 3.63) is 77.9 Å². The monoisotopic (exact) mass is 271 g/mol. The van der Waals surface area contributed by atoms with E-state index in [1.165, 1.54) is 5.39 Å². The van der Waals surface area contributed by atoms with Crippen molar-refractivity contribution in [3.63, 3.8) is 0 Å². The zero-order chi connectivity index (χ0) is 14.2. The van der Waals surface area contributed by atoms with Crippen molar-refractivity contribution >= 4 is 34.0 Å². The van der Waals surface area contributed by atoms with Gasteiger partial charge < -0.3 is 5.32 Å². The van der Waals surface area contributed by atoms with Gasteiger partial charge in [-0.1, -0.05) is 60.7 Å². The molecule has 1 aliphatic heterocycles. The van der Waals surface area contributed by atoms with Crippen molar-refractivity contribution in [1.82, 2.24) is 0 Å². The predicted octanol–water partition coefficient (Wildman–Crippen LogP) is 4.33. The van der Waals surface area contributed by atoms with Crippen LogP contribution in [-0.2, 0) is 4.79 Å². The Morgan fingerprint density at radius 1 is 0.810 bits per heavy atom. The van der Waals surface area contributed by atoms with Crippen molar-refractivity contribution in [2.45, 2.75) is 0 Å². The summed E-state index contributed by atoms with van der Waals surface area (Å²) >= 11 is 0. The summed E-state index contributed by atoms with van der Waals surface area (Å²) in [7, 11) is 0. The average Bonchev–Trinajstić information content (AvgIpc) is 2.84. The van der Waals surface area contributed by atoms with E-state index in [1.807, 2.05) is 54.6 Å². The SMILES string of the molecule is O=C1Nc2ccccc2/C1=C/c1cccc2ccccc12. The number of nitrogens with one attached hydrogen (secondary N) is 1. The highest BCUT2D eigenvalue weighted by Crippen LogP contribution is 2.33. The first-order valence-corrected chi connectivity index (χ1v) is 6.93. The molecule has 3 aromatic carbocycles. The Bertz CT molecular complexity index is 887. The number of carbonyl (C=O) groups excluding carboxylic acids is 1. The van der Waals surface area contributed by atoms with Crippen LogP contribution in [0.15, 0.2) is 66.7 Å². The number of hydrogen-bond acceptors (Lipinski definition) is 1. The van der Waals surface area contributed by atoms with Gasteiger partial charge in [-0.05, 0) is 28.5 Å². The summed E-state index contributed by atoms with van der Waals surface area (Å²) in [6.07, 6.45) is 1.98. The van der Waals surface area contributed by atoms with Crippen molar-refractivity contribution < 1.29 is 4.79 Å². The molecule has 0 radical (unpaired) electrons. The van der Waals surface area contributed by atoms with Gasteiger partial charge in [-0.25, -0.2) is 0 Å². The lowest BCUT2D eigenvalue weighted by Crippen LogP contribution is -2.03. The number of benzene rings is 3. The number of hydrogen-bond donors (Lipinski definition) is 1. The molecule has 1 amide bonds. The summed E-state index contributed by atoms with van der Waals surface area (Å²) in [4.78, 5) is 12.2. The summed E-state index contributed by atoms with van der Waals surface area (Å²) in [6.45, 7) is 0. The fourth-order valence-corrected chi connectivity index (χ4v) is 2.81. The molecular weight excluding hydrogens is 258 g/mol. The minimum absolute atomic E-state index is 0.0378. The minimum Gasteiger partial charge on any atom is -0.321 e. The molecule has 0 spiro atoms. The first-order valence-electron chi connectivity index (χ1n) is 6.93. The smallest absolute Gasteiger partial charge is 0.256 e. The molecule has 0 unspecified atom stereocenters. The summed E-state index contributed by atoms with van der Waals surface area (Å²) in [5.74, 6) is -0.0378. The molecule has 1 N–H and O–H groups in total. The second-order valence-corrected chi connectivity index (χ2v) is 5.13. The van der Waals surface area contributed by atoms with Crippen LogP contribution in [0.5, 0.6) is 0 Å². The van der Waals surface area contributed by atoms with E-state index in [1.54, 1.807) is 0 Å². The Balaban J connectivity index is 1.93. The standard InChI is InChI=1S/C19H13NO/c21-19-17(16-10-3-4-11-18(16)20-19)12-14-8-5-7-13-6-1-2-9-15(13)14/h1-12H,(H,20,21)/b17-12-. The largest absolute Gasteiger partial charge is 0.321 e. The molecular formula is C19H13NO. The first kappa shape index (κ1) is 11.9. The molecule has 0 atom stereocenters. The number of carbonyl (C=O) groups is 1. The molecule has 21 heavy (non-hydrogen) atoms. The van der Waals surface area contributed by atoms with Gasteiger partial charge in [0, 0.05) is 16.8 Å². The van der Waals surface area contributed by atoms with Crippen molar-refractivity contribution in [3.8, 4) is 0 Å². The molecule has 100 valence electrons. The summed E-state index contributed by atoms with van der Waals surface area (Å²) in [5.41, 5.74) is 3.64. The zero-order valence-electron chi connectivity index (χ0n) is 11.3. The Kier molecular flexibility index (Phi) is 2.61. The van der Waals surface area contributed by atoms with Crippen molar-refractivity contribution in [2.75, 3.05) is 5.32 Å². The van der Waals surface area contributed by atoms with Crippen molar-refractivity contribution in [1.29, 1.82) is 0 Å². The van der Waals surface area contributed by atoms with Gasteiger partial charge in [-0.2, -0.15) is 0 Å². The molecule has 4 rings (SSSR count). The summed E-state index contributed by atoms with van der Waals surface area (Å²) in [5, 5.41) is 5.24. The Labute approximate surface area is 122 Å². The molecule has 0 saturated carbocycles. The van der Waals surface area contributed by atoms with E-state index in [0.717, 1.165) is 27.8 Å². The van der Waals surface area contributed by atoms with Crippen LogP contribution < -0.4 is 5.32 Å². The normalized spacial score (nSPS) is 15.2. The van der Waals surface area contributed by atoms with Gasteiger partial charge in [-0.15, -0.1) is 0 Å². The van der Waals surface area contributed by atoms with Gasteiger partial charge in [0.1, 0.15) is 0 Å². The lowest BCUT2D eigenvalue weighted by atomic mass is 10.00. The maximum Gasteiger partial charge on any atom is 0.256 e. The number of fused-ring (bicyclic) bond motifs is 2. The third-order valence-electron chi connectivity index (χ3n) is 3.83. The van der Waals surface area contributed by atoms with E-state index in [0.29, 0.717) is 0 Å². The molecule has 0 fully saturated rings. The van der Waals surface area contributed by atoms with E-state index in [2.05, 4.69) is 23.5 Å². The number of para-hydroxylation sites is 1. The molecule has 0 saturated heterocycles. The lowest BCUT2D eigenvalue weighted by molar-refractivity contribution is -0.110. The second-order valence-electron chi connectivity index (χ2n) is 5.13. The van der Waals surface area contributed by atoms with E-state index in [9.17, 15) is 4.79 Å². The van der Waals surface area contributed by atoms with Crippen LogP contribution in [0.1, 0.15) is 11.1 Å². The fraction of sp³-hybridized carbons (Fsp3) is 0. The summed E-state index contributed by atoms with van der Waals surface area (Å²) in [6, 6.07) is 22.2. The van der Waals surface area contributed by atoms with Gasteiger partial charge in [-0.3, -0.25) is 4.79 Å². The van der Waals surface area contributed by atoms with Crippen molar-refractivity contribution in [2.24, 2.45) is 0 Å². The predicted molar refractivity (Wildman–Crippen MR) is 86.9 cm³/mol. The molecule has 0 bridgehead atoms. The second kappa shape index (κ2) is 4.60. The zero-order valence-corrected chi connectivity index (χ0v) is 11.3. The highest BCUT2D eigenvalue weighted by atomic mass is 16.2. The van der Waals surface area contributed by atoms with Crippen LogP contribution in [-0.4, -0.2) is 5.91 Å². The van der Waals surface area contributed by atoms with Crippen LogP contribution in [0.3, 0.4) is 0 Å². The maximum absolute atomic E-state index is 12.2. The topological polar surface area (TPSA) is 29.1 Å². The summed E-state index contributed by atoms with van der Waals surface area (Å²) < 4.78 is 0. The first-order chi connectivity index (χ1) is 10.3. The molecule has 0 aromatic heterocycles. The van der Waals surface area contributed by atoms with Crippen LogP contribution in [0.25, 0.3) is 22.4 Å². The lowest BCUT2D eigenvalue weighted by Gasteiger charge is -2.03. The van der Waals surface area contributed by atoms with E-state index < -0.39 is 0 Å². The molecule has 3 aromatic rings. The highest BCUT2D eigenvalue weighted by molar-refractivity contribution is 6.35. The van der Waals surface area contributed by atoms with Gasteiger partial charge in [0.15, 0.2) is 0 Å². The van der Waals surface area contributed by atoms with Gasteiger partial charge in [0.05, 0.1) is 0 Å². The Hall–Kier alpha value is -2.87. The number of rotatable bonds is 1. The third kappa shape index (κ3) is 1.93. The van der Waals surface area contributed by atoms with E-state index in [-0.39, 0.29) is 5.91 Å². The van der Waals surface area contributed by atoms with E-state index >= 15 is 0 Å². The Morgan fingerprint density at radius 2 is 1.57 bits per heavy atom. The average molecular weight is 271 g/mol.